The molecule has 0 unspecified atom stereocenters. The van der Waals surface area contributed by atoms with Gasteiger partial charge in [-0.15, -0.1) is 0 Å². The minimum atomic E-state index is 0.170. The van der Waals surface area contributed by atoms with Crippen molar-refractivity contribution in [3.63, 3.8) is 0 Å². The Labute approximate surface area is 130 Å². The molecule has 0 aromatic heterocycles. The van der Waals surface area contributed by atoms with Crippen LogP contribution in [0.5, 0.6) is 11.5 Å². The molecular weight excluding hydrogens is 299 g/mol. The molecule has 0 saturated heterocycles. The number of halogens is 2. The summed E-state index contributed by atoms with van der Waals surface area (Å²) in [6.07, 6.45) is 4.78. The summed E-state index contributed by atoms with van der Waals surface area (Å²) in [6, 6.07) is 3.37. The van der Waals surface area contributed by atoms with E-state index in [1.165, 1.54) is 0 Å². The second kappa shape index (κ2) is 10.1. The molecule has 0 saturated carbocycles. The summed E-state index contributed by atoms with van der Waals surface area (Å²) in [5.41, 5.74) is 0. The van der Waals surface area contributed by atoms with Crippen molar-refractivity contribution in [3.8, 4) is 11.5 Å². The summed E-state index contributed by atoms with van der Waals surface area (Å²) in [5, 5.41) is 9.69. The molecule has 0 radical (unpaired) electrons. The number of unbranched alkanes of at least 4 members (excludes halogenated alkanes) is 3. The van der Waals surface area contributed by atoms with Gasteiger partial charge in [0.25, 0.3) is 0 Å². The highest BCUT2D eigenvalue weighted by atomic mass is 35.5. The zero-order chi connectivity index (χ0) is 14.8. The van der Waals surface area contributed by atoms with Gasteiger partial charge in [-0.05, 0) is 25.3 Å². The van der Waals surface area contributed by atoms with Crippen LogP contribution in [0.4, 0.5) is 0 Å². The van der Waals surface area contributed by atoms with E-state index in [4.69, 9.17) is 37.8 Å². The highest BCUT2D eigenvalue weighted by molar-refractivity contribution is 6.36. The molecule has 0 amide bonds. The third kappa shape index (κ3) is 6.21. The van der Waals surface area contributed by atoms with Gasteiger partial charge in [-0.1, -0.05) is 43.0 Å². The standard InChI is InChI=1S/C15H22Cl2O3/c1-2-3-5-8-19-14-11-15(13(17)10-12(14)16)20-9-6-4-7-18/h10-11,18H,2-9H2,1H3. The van der Waals surface area contributed by atoms with Gasteiger partial charge in [0.2, 0.25) is 0 Å². The maximum atomic E-state index is 8.72. The molecule has 5 heteroatoms. The lowest BCUT2D eigenvalue weighted by Gasteiger charge is -2.12. The molecule has 1 aromatic rings. The van der Waals surface area contributed by atoms with Crippen molar-refractivity contribution in [3.05, 3.63) is 22.2 Å². The van der Waals surface area contributed by atoms with Crippen molar-refractivity contribution in [1.29, 1.82) is 0 Å². The van der Waals surface area contributed by atoms with Crippen LogP contribution in [0.25, 0.3) is 0 Å². The first-order valence-electron chi connectivity index (χ1n) is 7.04. The van der Waals surface area contributed by atoms with Gasteiger partial charge in [-0.25, -0.2) is 0 Å². The van der Waals surface area contributed by atoms with Gasteiger partial charge in [-0.2, -0.15) is 0 Å². The van der Waals surface area contributed by atoms with E-state index in [0.717, 1.165) is 25.7 Å². The Kier molecular flexibility index (Phi) is 8.83. The third-order valence-electron chi connectivity index (χ3n) is 2.80. The molecule has 1 N–H and O–H groups in total. The Bertz CT molecular complexity index is 364. The minimum Gasteiger partial charge on any atom is -0.492 e. The summed E-state index contributed by atoms with van der Waals surface area (Å²) >= 11 is 12.2. The van der Waals surface area contributed by atoms with Gasteiger partial charge in [0.05, 0.1) is 23.3 Å². The van der Waals surface area contributed by atoms with Crippen LogP contribution >= 0.6 is 23.2 Å². The van der Waals surface area contributed by atoms with E-state index in [1.54, 1.807) is 12.1 Å². The predicted octanol–water partition coefficient (Wildman–Crippen LogP) is 4.71. The van der Waals surface area contributed by atoms with Gasteiger partial charge in [0.15, 0.2) is 0 Å². The van der Waals surface area contributed by atoms with Crippen LogP contribution in [-0.2, 0) is 0 Å². The molecule has 1 rings (SSSR count). The first-order valence-corrected chi connectivity index (χ1v) is 7.80. The Morgan fingerprint density at radius 1 is 0.900 bits per heavy atom. The lowest BCUT2D eigenvalue weighted by atomic mass is 10.2. The number of ether oxygens (including phenoxy) is 2. The average molecular weight is 321 g/mol. The minimum absolute atomic E-state index is 0.170. The normalized spacial score (nSPS) is 10.6. The molecule has 0 atom stereocenters. The van der Waals surface area contributed by atoms with E-state index in [1.807, 2.05) is 0 Å². The average Bonchev–Trinajstić information content (AvgIpc) is 2.43. The Morgan fingerprint density at radius 3 is 1.95 bits per heavy atom. The highest BCUT2D eigenvalue weighted by Crippen LogP contribution is 2.36. The quantitative estimate of drug-likeness (QED) is 0.634. The fourth-order valence-corrected chi connectivity index (χ4v) is 2.15. The van der Waals surface area contributed by atoms with E-state index in [9.17, 15) is 0 Å². The van der Waals surface area contributed by atoms with Crippen molar-refractivity contribution >= 4 is 23.2 Å². The predicted molar refractivity (Wildman–Crippen MR) is 83.3 cm³/mol. The number of benzene rings is 1. The second-order valence-electron chi connectivity index (χ2n) is 4.55. The fourth-order valence-electron chi connectivity index (χ4n) is 1.66. The lowest BCUT2D eigenvalue weighted by Crippen LogP contribution is -2.01. The zero-order valence-corrected chi connectivity index (χ0v) is 13.3. The van der Waals surface area contributed by atoms with E-state index in [-0.39, 0.29) is 6.61 Å². The van der Waals surface area contributed by atoms with Crippen LogP contribution < -0.4 is 9.47 Å². The largest absolute Gasteiger partial charge is 0.492 e. The monoisotopic (exact) mass is 320 g/mol. The van der Waals surface area contributed by atoms with Crippen LogP contribution in [0, 0.1) is 0 Å². The van der Waals surface area contributed by atoms with Crippen LogP contribution in [-0.4, -0.2) is 24.9 Å². The fraction of sp³-hybridized carbons (Fsp3) is 0.600. The van der Waals surface area contributed by atoms with Crippen LogP contribution in [0.15, 0.2) is 12.1 Å². The van der Waals surface area contributed by atoms with E-state index in [0.29, 0.717) is 41.2 Å². The molecular formula is C15H22Cl2O3. The maximum Gasteiger partial charge on any atom is 0.141 e. The summed E-state index contributed by atoms with van der Waals surface area (Å²) in [5.74, 6) is 1.17. The summed E-state index contributed by atoms with van der Waals surface area (Å²) < 4.78 is 11.2. The molecule has 0 fully saturated rings. The molecule has 114 valence electrons. The van der Waals surface area contributed by atoms with Crippen molar-refractivity contribution in [2.45, 2.75) is 39.0 Å². The second-order valence-corrected chi connectivity index (χ2v) is 5.36. The summed E-state index contributed by atoms with van der Waals surface area (Å²) in [6.45, 7) is 3.47. The third-order valence-corrected chi connectivity index (χ3v) is 3.39. The molecule has 20 heavy (non-hydrogen) atoms. The topological polar surface area (TPSA) is 38.7 Å². The number of hydrogen-bond acceptors (Lipinski definition) is 3. The number of rotatable bonds is 10. The Morgan fingerprint density at radius 2 is 1.45 bits per heavy atom. The first kappa shape index (κ1) is 17.4. The first-order chi connectivity index (χ1) is 9.69. The Hall–Kier alpha value is -0.640. The summed E-state index contributed by atoms with van der Waals surface area (Å²) in [7, 11) is 0. The van der Waals surface area contributed by atoms with Crippen molar-refractivity contribution in [1.82, 2.24) is 0 Å². The van der Waals surface area contributed by atoms with Gasteiger partial charge in [-0.3, -0.25) is 0 Å². The molecule has 0 bridgehead atoms. The molecule has 0 aliphatic carbocycles. The summed E-state index contributed by atoms with van der Waals surface area (Å²) in [4.78, 5) is 0. The zero-order valence-electron chi connectivity index (χ0n) is 11.8. The van der Waals surface area contributed by atoms with Gasteiger partial charge >= 0.3 is 0 Å². The molecule has 0 spiro atoms. The van der Waals surface area contributed by atoms with Gasteiger partial charge in [0, 0.05) is 12.7 Å². The number of aliphatic hydroxyl groups excluding tert-OH is 1. The van der Waals surface area contributed by atoms with E-state index in [2.05, 4.69) is 6.92 Å². The number of hydrogen-bond donors (Lipinski definition) is 1. The number of aliphatic hydroxyl groups is 1. The molecule has 0 aliphatic rings. The van der Waals surface area contributed by atoms with Crippen LogP contribution in [0.1, 0.15) is 39.0 Å². The van der Waals surface area contributed by atoms with Crippen LogP contribution in [0.2, 0.25) is 10.0 Å². The Balaban J connectivity index is 2.56. The van der Waals surface area contributed by atoms with E-state index < -0.39 is 0 Å². The maximum absolute atomic E-state index is 8.72. The highest BCUT2D eigenvalue weighted by Gasteiger charge is 2.09. The molecule has 3 nitrogen and oxygen atoms in total. The van der Waals surface area contributed by atoms with Crippen LogP contribution in [0.3, 0.4) is 0 Å². The van der Waals surface area contributed by atoms with Gasteiger partial charge in [0.1, 0.15) is 11.5 Å². The molecule has 1 aromatic carbocycles. The SMILES string of the molecule is CCCCCOc1cc(OCCCCO)c(Cl)cc1Cl. The molecule has 0 aliphatic heterocycles. The smallest absolute Gasteiger partial charge is 0.141 e. The van der Waals surface area contributed by atoms with Crippen molar-refractivity contribution < 1.29 is 14.6 Å². The van der Waals surface area contributed by atoms with Crippen molar-refractivity contribution in [2.75, 3.05) is 19.8 Å². The van der Waals surface area contributed by atoms with E-state index >= 15 is 0 Å². The van der Waals surface area contributed by atoms with Gasteiger partial charge < -0.3 is 14.6 Å². The van der Waals surface area contributed by atoms with Crippen molar-refractivity contribution in [2.24, 2.45) is 0 Å². The molecule has 0 heterocycles. The lowest BCUT2D eigenvalue weighted by molar-refractivity contribution is 0.252.